The van der Waals surface area contributed by atoms with Crippen LogP contribution >= 0.6 is 11.3 Å². The largest absolute Gasteiger partial charge is 0.447 e. The molecule has 2 rings (SSSR count). The van der Waals surface area contributed by atoms with Gasteiger partial charge in [-0.25, -0.2) is 0 Å². The predicted octanol–water partition coefficient (Wildman–Crippen LogP) is 2.03. The van der Waals surface area contributed by atoms with Crippen LogP contribution in [0, 0.1) is 0 Å². The molecule has 0 aliphatic carbocycles. The van der Waals surface area contributed by atoms with Crippen molar-refractivity contribution in [3.63, 3.8) is 0 Å². The maximum absolute atomic E-state index is 11.9. The third-order valence-electron chi connectivity index (χ3n) is 3.20. The van der Waals surface area contributed by atoms with Crippen molar-refractivity contribution in [1.82, 2.24) is 5.32 Å². The van der Waals surface area contributed by atoms with Crippen LogP contribution in [-0.2, 0) is 14.3 Å². The van der Waals surface area contributed by atoms with Crippen molar-refractivity contribution in [1.29, 1.82) is 0 Å². The second-order valence-corrected chi connectivity index (χ2v) is 5.97. The molecule has 2 amide bonds. The van der Waals surface area contributed by atoms with E-state index in [4.69, 9.17) is 10.5 Å². The zero-order valence-electron chi connectivity index (χ0n) is 12.9. The van der Waals surface area contributed by atoms with Crippen molar-refractivity contribution >= 4 is 29.1 Å². The Bertz CT molecular complexity index is 686. The Hall–Kier alpha value is -2.67. The summed E-state index contributed by atoms with van der Waals surface area (Å²) in [5.41, 5.74) is 5.83. The molecular formula is C17H18N2O4S. The molecule has 7 heteroatoms. The number of hydrogen-bond donors (Lipinski definition) is 2. The van der Waals surface area contributed by atoms with E-state index in [0.29, 0.717) is 23.4 Å². The number of ether oxygens (including phenoxy) is 1. The molecule has 0 saturated heterocycles. The molecular weight excluding hydrogens is 328 g/mol. The maximum atomic E-state index is 11.9. The monoisotopic (exact) mass is 346 g/mol. The molecule has 0 radical (unpaired) electrons. The minimum atomic E-state index is -1.10. The first-order chi connectivity index (χ1) is 11.6. The topological polar surface area (TPSA) is 98.5 Å². The van der Waals surface area contributed by atoms with Gasteiger partial charge in [0.2, 0.25) is 6.10 Å². The van der Waals surface area contributed by atoms with Crippen LogP contribution in [0.1, 0.15) is 34.2 Å². The van der Waals surface area contributed by atoms with Crippen LogP contribution in [0.2, 0.25) is 0 Å². The van der Waals surface area contributed by atoms with Crippen LogP contribution < -0.4 is 11.1 Å². The zero-order chi connectivity index (χ0) is 17.4. The van der Waals surface area contributed by atoms with Crippen molar-refractivity contribution in [2.45, 2.75) is 18.9 Å². The van der Waals surface area contributed by atoms with E-state index in [9.17, 15) is 14.4 Å². The number of nitrogens with two attached hydrogens (primary N) is 1. The molecule has 0 saturated carbocycles. The van der Waals surface area contributed by atoms with Crippen LogP contribution in [0.25, 0.3) is 0 Å². The first-order valence-electron chi connectivity index (χ1n) is 7.43. The van der Waals surface area contributed by atoms with E-state index < -0.39 is 18.0 Å². The smallest absolute Gasteiger partial charge is 0.306 e. The Morgan fingerprint density at radius 1 is 1.12 bits per heavy atom. The Morgan fingerprint density at radius 3 is 2.50 bits per heavy atom. The summed E-state index contributed by atoms with van der Waals surface area (Å²) < 4.78 is 5.15. The summed E-state index contributed by atoms with van der Waals surface area (Å²) >= 11 is 1.35. The number of hydrogen-bond acceptors (Lipinski definition) is 5. The number of benzene rings is 1. The summed E-state index contributed by atoms with van der Waals surface area (Å²) in [7, 11) is 0. The molecule has 1 aromatic heterocycles. The molecule has 0 spiro atoms. The maximum Gasteiger partial charge on any atom is 0.306 e. The first kappa shape index (κ1) is 17.7. The third kappa shape index (κ3) is 5.20. The fraction of sp³-hybridized carbons (Fsp3) is 0.235. The summed E-state index contributed by atoms with van der Waals surface area (Å²) in [6.07, 6.45) is -0.600. The quantitative estimate of drug-likeness (QED) is 0.564. The van der Waals surface area contributed by atoms with E-state index in [1.165, 1.54) is 11.3 Å². The number of amides is 2. The normalized spacial score (nSPS) is 11.5. The summed E-state index contributed by atoms with van der Waals surface area (Å²) in [5.74, 6) is -1.42. The number of primary amides is 1. The minimum Gasteiger partial charge on any atom is -0.447 e. The lowest BCUT2D eigenvalue weighted by atomic mass is 10.1. The highest BCUT2D eigenvalue weighted by atomic mass is 32.1. The van der Waals surface area contributed by atoms with Crippen LogP contribution in [0.3, 0.4) is 0 Å². The van der Waals surface area contributed by atoms with Crippen molar-refractivity contribution in [3.05, 3.63) is 58.3 Å². The fourth-order valence-electron chi connectivity index (χ4n) is 2.04. The van der Waals surface area contributed by atoms with E-state index in [1.807, 2.05) is 5.38 Å². The van der Waals surface area contributed by atoms with E-state index in [1.54, 1.807) is 42.5 Å². The Kier molecular flexibility index (Phi) is 6.51. The van der Waals surface area contributed by atoms with Gasteiger partial charge in [-0.3, -0.25) is 14.4 Å². The summed E-state index contributed by atoms with van der Waals surface area (Å²) in [4.78, 5) is 35.7. The number of nitrogens with one attached hydrogen (secondary N) is 1. The van der Waals surface area contributed by atoms with Gasteiger partial charge in [-0.15, -0.1) is 11.3 Å². The van der Waals surface area contributed by atoms with Gasteiger partial charge in [0, 0.05) is 18.5 Å². The van der Waals surface area contributed by atoms with Gasteiger partial charge in [0.05, 0.1) is 4.88 Å². The van der Waals surface area contributed by atoms with Gasteiger partial charge in [0.1, 0.15) is 0 Å². The highest BCUT2D eigenvalue weighted by Gasteiger charge is 2.22. The second-order valence-electron chi connectivity index (χ2n) is 5.02. The second kappa shape index (κ2) is 8.83. The third-order valence-corrected chi connectivity index (χ3v) is 4.07. The molecule has 126 valence electrons. The number of esters is 1. The van der Waals surface area contributed by atoms with Crippen molar-refractivity contribution in [3.8, 4) is 0 Å². The van der Waals surface area contributed by atoms with Gasteiger partial charge in [0.15, 0.2) is 0 Å². The lowest BCUT2D eigenvalue weighted by Gasteiger charge is -2.15. The van der Waals surface area contributed by atoms with Crippen molar-refractivity contribution < 1.29 is 19.1 Å². The molecule has 3 N–H and O–H groups in total. The van der Waals surface area contributed by atoms with Crippen molar-refractivity contribution in [2.75, 3.05) is 6.54 Å². The number of carbonyl (C=O) groups is 3. The summed E-state index contributed by atoms with van der Waals surface area (Å²) in [5, 5.41) is 4.54. The van der Waals surface area contributed by atoms with E-state index in [0.717, 1.165) is 0 Å². The average molecular weight is 346 g/mol. The highest BCUT2D eigenvalue weighted by molar-refractivity contribution is 7.12. The van der Waals surface area contributed by atoms with Gasteiger partial charge >= 0.3 is 5.97 Å². The minimum absolute atomic E-state index is 0.0847. The molecule has 0 fully saturated rings. The molecule has 1 atom stereocenters. The lowest BCUT2D eigenvalue weighted by Crippen LogP contribution is -2.27. The van der Waals surface area contributed by atoms with Gasteiger partial charge in [-0.2, -0.15) is 0 Å². The molecule has 0 bridgehead atoms. The number of carbonyl (C=O) groups excluding carboxylic acids is 3. The van der Waals surface area contributed by atoms with E-state index in [2.05, 4.69) is 5.32 Å². The molecule has 0 aliphatic rings. The molecule has 0 unspecified atom stereocenters. The first-order valence-corrected chi connectivity index (χ1v) is 8.31. The Morgan fingerprint density at radius 2 is 1.88 bits per heavy atom. The predicted molar refractivity (Wildman–Crippen MR) is 90.4 cm³/mol. The fourth-order valence-corrected chi connectivity index (χ4v) is 2.68. The molecule has 1 heterocycles. The van der Waals surface area contributed by atoms with Crippen LogP contribution in [0.15, 0.2) is 47.8 Å². The average Bonchev–Trinajstić information content (AvgIpc) is 3.11. The van der Waals surface area contributed by atoms with Gasteiger partial charge in [-0.1, -0.05) is 36.4 Å². The highest BCUT2D eigenvalue weighted by Crippen LogP contribution is 2.17. The van der Waals surface area contributed by atoms with Crippen LogP contribution in [0.5, 0.6) is 0 Å². The Balaban J connectivity index is 1.75. The van der Waals surface area contributed by atoms with E-state index >= 15 is 0 Å². The van der Waals surface area contributed by atoms with E-state index in [-0.39, 0.29) is 12.3 Å². The van der Waals surface area contributed by atoms with Gasteiger partial charge in [0.25, 0.3) is 11.8 Å². The SMILES string of the molecule is NC(=O)[C@H](OC(=O)CCCNC(=O)c1cccs1)c1ccccc1. The van der Waals surface area contributed by atoms with Gasteiger partial charge in [-0.05, 0) is 17.9 Å². The number of rotatable bonds is 8. The Labute approximate surface area is 143 Å². The molecule has 24 heavy (non-hydrogen) atoms. The number of thiophene rings is 1. The van der Waals surface area contributed by atoms with Crippen LogP contribution in [-0.4, -0.2) is 24.3 Å². The molecule has 1 aromatic carbocycles. The molecule has 2 aromatic rings. The van der Waals surface area contributed by atoms with Gasteiger partial charge < -0.3 is 15.8 Å². The van der Waals surface area contributed by atoms with Crippen molar-refractivity contribution in [2.24, 2.45) is 5.73 Å². The molecule has 6 nitrogen and oxygen atoms in total. The summed E-state index contributed by atoms with van der Waals surface area (Å²) in [6, 6.07) is 12.1. The lowest BCUT2D eigenvalue weighted by molar-refractivity contribution is -0.155. The standard InChI is InChI=1S/C17H18N2O4S/c18-16(21)15(12-6-2-1-3-7-12)23-14(20)9-4-10-19-17(22)13-8-5-11-24-13/h1-3,5-8,11,15H,4,9-10H2,(H2,18,21)(H,19,22)/t15-/m1/s1. The summed E-state index contributed by atoms with van der Waals surface area (Å²) in [6.45, 7) is 0.346. The zero-order valence-corrected chi connectivity index (χ0v) is 13.8. The molecule has 0 aliphatic heterocycles. The van der Waals surface area contributed by atoms with Crippen LogP contribution in [0.4, 0.5) is 0 Å².